The Hall–Kier alpha value is -0.290. The molecule has 0 aliphatic carbocycles. The van der Waals surface area contributed by atoms with Gasteiger partial charge in [-0.3, -0.25) is 0 Å². The molecular formula is C9H18F3NO. The van der Waals surface area contributed by atoms with Crippen molar-refractivity contribution >= 4 is 0 Å². The van der Waals surface area contributed by atoms with E-state index in [2.05, 4.69) is 5.32 Å². The summed E-state index contributed by atoms with van der Waals surface area (Å²) in [6, 6.07) is 0.237. The minimum Gasteiger partial charge on any atom is -0.380 e. The van der Waals surface area contributed by atoms with Crippen LogP contribution in [0.3, 0.4) is 0 Å². The van der Waals surface area contributed by atoms with Crippen molar-refractivity contribution in [2.24, 2.45) is 0 Å². The molecule has 0 radical (unpaired) electrons. The third-order valence-electron chi connectivity index (χ3n) is 1.97. The first-order valence-electron chi connectivity index (χ1n) is 4.81. The fourth-order valence-electron chi connectivity index (χ4n) is 1.01. The van der Waals surface area contributed by atoms with Gasteiger partial charge in [-0.25, -0.2) is 0 Å². The van der Waals surface area contributed by atoms with Crippen LogP contribution in [-0.4, -0.2) is 32.5 Å². The zero-order valence-corrected chi connectivity index (χ0v) is 8.66. The van der Waals surface area contributed by atoms with Crippen LogP contribution >= 0.6 is 0 Å². The Morgan fingerprint density at radius 3 is 2.43 bits per heavy atom. The molecule has 5 heteroatoms. The summed E-state index contributed by atoms with van der Waals surface area (Å²) >= 11 is 0. The van der Waals surface area contributed by atoms with Gasteiger partial charge < -0.3 is 10.1 Å². The van der Waals surface area contributed by atoms with E-state index in [1.807, 2.05) is 14.0 Å². The van der Waals surface area contributed by atoms with Crippen LogP contribution in [-0.2, 0) is 4.74 Å². The number of hydrogen-bond donors (Lipinski definition) is 1. The third-order valence-corrected chi connectivity index (χ3v) is 1.97. The van der Waals surface area contributed by atoms with Gasteiger partial charge in [-0.1, -0.05) is 6.92 Å². The van der Waals surface area contributed by atoms with Crippen molar-refractivity contribution < 1.29 is 17.9 Å². The summed E-state index contributed by atoms with van der Waals surface area (Å²) in [4.78, 5) is 0. The van der Waals surface area contributed by atoms with Crippen molar-refractivity contribution in [3.05, 3.63) is 0 Å². The smallest absolute Gasteiger partial charge is 0.380 e. The van der Waals surface area contributed by atoms with Crippen LogP contribution in [0.4, 0.5) is 13.2 Å². The van der Waals surface area contributed by atoms with E-state index in [1.54, 1.807) is 0 Å². The molecule has 14 heavy (non-hydrogen) atoms. The summed E-state index contributed by atoms with van der Waals surface area (Å²) in [6.45, 7) is 2.66. The Bertz CT molecular complexity index is 135. The highest BCUT2D eigenvalue weighted by molar-refractivity contribution is 4.59. The average Bonchev–Trinajstić information content (AvgIpc) is 2.09. The van der Waals surface area contributed by atoms with Gasteiger partial charge in [0.15, 0.2) is 0 Å². The summed E-state index contributed by atoms with van der Waals surface area (Å²) in [7, 11) is 1.81. The molecule has 0 aliphatic heterocycles. The van der Waals surface area contributed by atoms with Gasteiger partial charge in [0.1, 0.15) is 0 Å². The highest BCUT2D eigenvalue weighted by Crippen LogP contribution is 2.20. The second-order valence-electron chi connectivity index (χ2n) is 3.19. The van der Waals surface area contributed by atoms with Crippen LogP contribution in [0.1, 0.15) is 26.2 Å². The lowest BCUT2D eigenvalue weighted by Gasteiger charge is -2.14. The Kier molecular flexibility index (Phi) is 6.92. The zero-order chi connectivity index (χ0) is 11.0. The van der Waals surface area contributed by atoms with Gasteiger partial charge in [0.2, 0.25) is 0 Å². The molecule has 0 amide bonds. The third kappa shape index (κ3) is 8.31. The second kappa shape index (κ2) is 7.06. The number of ether oxygens (including phenoxy) is 1. The Morgan fingerprint density at radius 1 is 1.36 bits per heavy atom. The predicted molar refractivity (Wildman–Crippen MR) is 49.2 cm³/mol. The first kappa shape index (κ1) is 13.7. The average molecular weight is 213 g/mol. The summed E-state index contributed by atoms with van der Waals surface area (Å²) in [5, 5.41) is 3.01. The number of alkyl halides is 3. The normalized spacial score (nSPS) is 14.4. The molecule has 86 valence electrons. The summed E-state index contributed by atoms with van der Waals surface area (Å²) < 4.78 is 40.2. The molecule has 1 unspecified atom stereocenters. The predicted octanol–water partition coefficient (Wildman–Crippen LogP) is 2.34. The Balaban J connectivity index is 3.29. The quantitative estimate of drug-likeness (QED) is 0.655. The standard InChI is InChI=1S/C9H18F3NO/c1-3-8(13-2)7-14-6-4-5-9(10,11)12/h8,13H,3-7H2,1-2H3. The molecule has 0 bridgehead atoms. The van der Waals surface area contributed by atoms with E-state index in [0.29, 0.717) is 6.61 Å². The highest BCUT2D eigenvalue weighted by Gasteiger charge is 2.25. The lowest BCUT2D eigenvalue weighted by molar-refractivity contribution is -0.138. The number of likely N-dealkylation sites (N-methyl/N-ethyl adjacent to an activating group) is 1. The van der Waals surface area contributed by atoms with E-state index < -0.39 is 12.6 Å². The lowest BCUT2D eigenvalue weighted by atomic mass is 10.2. The molecule has 1 atom stereocenters. The molecule has 0 aliphatic rings. The van der Waals surface area contributed by atoms with Crippen LogP contribution in [0.25, 0.3) is 0 Å². The SMILES string of the molecule is CCC(COCCCC(F)(F)F)NC. The molecule has 0 saturated heterocycles. The van der Waals surface area contributed by atoms with E-state index >= 15 is 0 Å². The Labute approximate surface area is 82.8 Å². The molecular weight excluding hydrogens is 195 g/mol. The summed E-state index contributed by atoms with van der Waals surface area (Å²) in [5.41, 5.74) is 0. The number of nitrogens with one attached hydrogen (secondary N) is 1. The molecule has 0 aromatic carbocycles. The molecule has 0 aromatic heterocycles. The fraction of sp³-hybridized carbons (Fsp3) is 1.00. The lowest BCUT2D eigenvalue weighted by Crippen LogP contribution is -2.29. The molecule has 2 nitrogen and oxygen atoms in total. The fourth-order valence-corrected chi connectivity index (χ4v) is 1.01. The van der Waals surface area contributed by atoms with Gasteiger partial charge in [-0.15, -0.1) is 0 Å². The Morgan fingerprint density at radius 2 is 2.00 bits per heavy atom. The monoisotopic (exact) mass is 213 g/mol. The minimum absolute atomic E-state index is 0.0453. The van der Waals surface area contributed by atoms with Crippen LogP contribution in [0.5, 0.6) is 0 Å². The largest absolute Gasteiger partial charge is 0.389 e. The van der Waals surface area contributed by atoms with Gasteiger partial charge in [0.25, 0.3) is 0 Å². The first-order chi connectivity index (χ1) is 6.49. The molecule has 0 heterocycles. The van der Waals surface area contributed by atoms with E-state index in [0.717, 1.165) is 6.42 Å². The van der Waals surface area contributed by atoms with Crippen molar-refractivity contribution in [1.29, 1.82) is 0 Å². The molecule has 0 saturated carbocycles. The highest BCUT2D eigenvalue weighted by atomic mass is 19.4. The number of rotatable bonds is 7. The maximum atomic E-state index is 11.7. The van der Waals surface area contributed by atoms with Gasteiger partial charge in [-0.2, -0.15) is 13.2 Å². The molecule has 0 fully saturated rings. The van der Waals surface area contributed by atoms with Crippen LogP contribution in [0.15, 0.2) is 0 Å². The zero-order valence-electron chi connectivity index (χ0n) is 8.66. The van der Waals surface area contributed by atoms with Crippen molar-refractivity contribution in [3.8, 4) is 0 Å². The summed E-state index contributed by atoms with van der Waals surface area (Å²) in [5.74, 6) is 0. The van der Waals surface area contributed by atoms with E-state index in [-0.39, 0.29) is 19.1 Å². The molecule has 1 N–H and O–H groups in total. The van der Waals surface area contributed by atoms with Crippen molar-refractivity contribution in [2.75, 3.05) is 20.3 Å². The maximum Gasteiger partial charge on any atom is 0.389 e. The van der Waals surface area contributed by atoms with E-state index in [1.165, 1.54) is 0 Å². The van der Waals surface area contributed by atoms with E-state index in [4.69, 9.17) is 4.74 Å². The number of hydrogen-bond acceptors (Lipinski definition) is 2. The van der Waals surface area contributed by atoms with Gasteiger partial charge >= 0.3 is 6.18 Å². The molecule has 0 rings (SSSR count). The number of halogens is 3. The van der Waals surface area contributed by atoms with E-state index in [9.17, 15) is 13.2 Å². The topological polar surface area (TPSA) is 21.3 Å². The minimum atomic E-state index is -4.06. The van der Waals surface area contributed by atoms with Crippen molar-refractivity contribution in [1.82, 2.24) is 5.32 Å². The molecule has 0 spiro atoms. The summed E-state index contributed by atoms with van der Waals surface area (Å²) in [6.07, 6.45) is -3.86. The van der Waals surface area contributed by atoms with Crippen molar-refractivity contribution in [3.63, 3.8) is 0 Å². The maximum absolute atomic E-state index is 11.7. The van der Waals surface area contributed by atoms with Gasteiger partial charge in [0, 0.05) is 19.1 Å². The van der Waals surface area contributed by atoms with Crippen LogP contribution in [0, 0.1) is 0 Å². The van der Waals surface area contributed by atoms with Crippen LogP contribution < -0.4 is 5.32 Å². The van der Waals surface area contributed by atoms with Crippen molar-refractivity contribution in [2.45, 2.75) is 38.4 Å². The first-order valence-corrected chi connectivity index (χ1v) is 4.81. The second-order valence-corrected chi connectivity index (χ2v) is 3.19. The van der Waals surface area contributed by atoms with Crippen LogP contribution in [0.2, 0.25) is 0 Å². The molecule has 0 aromatic rings. The van der Waals surface area contributed by atoms with Gasteiger partial charge in [0.05, 0.1) is 6.61 Å². The van der Waals surface area contributed by atoms with Gasteiger partial charge in [-0.05, 0) is 19.9 Å².